The van der Waals surface area contributed by atoms with Gasteiger partial charge in [0.15, 0.2) is 9.84 Å². The lowest BCUT2D eigenvalue weighted by atomic mass is 10.1. The van der Waals surface area contributed by atoms with Crippen molar-refractivity contribution < 1.29 is 12.8 Å². The molecule has 0 aromatic heterocycles. The van der Waals surface area contributed by atoms with Gasteiger partial charge in [0.25, 0.3) is 0 Å². The predicted molar refractivity (Wildman–Crippen MR) is 66.5 cm³/mol. The van der Waals surface area contributed by atoms with Gasteiger partial charge in [-0.1, -0.05) is 12.1 Å². The molecular formula is C12H18FNO2S. The summed E-state index contributed by atoms with van der Waals surface area (Å²) < 4.78 is 37.2. The Labute approximate surface area is 102 Å². The first-order chi connectivity index (χ1) is 7.89. The fourth-order valence-electron chi connectivity index (χ4n) is 1.44. The molecule has 17 heavy (non-hydrogen) atoms. The Balaban J connectivity index is 2.96. The monoisotopic (exact) mass is 259 g/mol. The minimum Gasteiger partial charge on any atom is -0.317 e. The summed E-state index contributed by atoms with van der Waals surface area (Å²) >= 11 is 0. The number of halogens is 1. The van der Waals surface area contributed by atoms with Gasteiger partial charge in [-0.25, -0.2) is 12.8 Å². The van der Waals surface area contributed by atoms with E-state index in [0.29, 0.717) is 5.56 Å². The summed E-state index contributed by atoms with van der Waals surface area (Å²) in [7, 11) is -1.60. The lowest BCUT2D eigenvalue weighted by Crippen LogP contribution is -2.15. The molecule has 1 unspecified atom stereocenters. The van der Waals surface area contributed by atoms with Crippen molar-refractivity contribution in [1.82, 2.24) is 5.32 Å². The van der Waals surface area contributed by atoms with Gasteiger partial charge >= 0.3 is 0 Å². The smallest absolute Gasteiger partial charge is 0.180 e. The number of nitrogens with one attached hydrogen (secondary N) is 1. The molecule has 0 heterocycles. The fourth-order valence-corrected chi connectivity index (χ4v) is 2.50. The van der Waals surface area contributed by atoms with Gasteiger partial charge in [0, 0.05) is 6.54 Å². The highest BCUT2D eigenvalue weighted by molar-refractivity contribution is 7.92. The van der Waals surface area contributed by atoms with Gasteiger partial charge in [-0.15, -0.1) is 0 Å². The van der Waals surface area contributed by atoms with Crippen molar-refractivity contribution in [3.63, 3.8) is 0 Å². The van der Waals surface area contributed by atoms with Crippen molar-refractivity contribution >= 4 is 9.84 Å². The average Bonchev–Trinajstić information content (AvgIpc) is 2.29. The molecule has 1 N–H and O–H groups in total. The first kappa shape index (κ1) is 14.1. The van der Waals surface area contributed by atoms with Crippen LogP contribution in [0.1, 0.15) is 25.6 Å². The van der Waals surface area contributed by atoms with E-state index in [1.54, 1.807) is 20.9 Å². The van der Waals surface area contributed by atoms with Gasteiger partial charge in [-0.05, 0) is 38.6 Å². The van der Waals surface area contributed by atoms with Crippen LogP contribution in [0.4, 0.5) is 4.39 Å². The minimum atomic E-state index is -3.27. The summed E-state index contributed by atoms with van der Waals surface area (Å²) in [6, 6.07) is 5.98. The molecule has 96 valence electrons. The second kappa shape index (κ2) is 5.60. The zero-order valence-electron chi connectivity index (χ0n) is 10.3. The van der Waals surface area contributed by atoms with Crippen LogP contribution >= 0.6 is 0 Å². The van der Waals surface area contributed by atoms with E-state index in [1.165, 1.54) is 24.3 Å². The Kier molecular flexibility index (Phi) is 4.65. The Morgan fingerprint density at radius 3 is 2.18 bits per heavy atom. The van der Waals surface area contributed by atoms with Crippen LogP contribution in [0, 0.1) is 0 Å². The van der Waals surface area contributed by atoms with E-state index in [1.807, 2.05) is 0 Å². The zero-order valence-corrected chi connectivity index (χ0v) is 11.1. The van der Waals surface area contributed by atoms with Crippen molar-refractivity contribution in [2.24, 2.45) is 0 Å². The molecule has 0 spiro atoms. The minimum absolute atomic E-state index is 0.219. The number of benzene rings is 1. The molecule has 0 fully saturated rings. The van der Waals surface area contributed by atoms with Crippen molar-refractivity contribution in [1.29, 1.82) is 0 Å². The summed E-state index contributed by atoms with van der Waals surface area (Å²) in [5, 5.41) is 2.27. The van der Waals surface area contributed by atoms with Crippen LogP contribution in [0.3, 0.4) is 0 Å². The Hall–Kier alpha value is -0.940. The van der Waals surface area contributed by atoms with Crippen LogP contribution in [0.15, 0.2) is 29.2 Å². The molecule has 0 radical (unpaired) electrons. The van der Waals surface area contributed by atoms with E-state index >= 15 is 0 Å². The van der Waals surface area contributed by atoms with Gasteiger partial charge in [0.1, 0.15) is 6.17 Å². The Morgan fingerprint density at radius 2 is 1.76 bits per heavy atom. The van der Waals surface area contributed by atoms with Gasteiger partial charge < -0.3 is 5.32 Å². The van der Waals surface area contributed by atoms with Crippen LogP contribution in [0.5, 0.6) is 0 Å². The van der Waals surface area contributed by atoms with Crippen LogP contribution in [-0.4, -0.2) is 27.3 Å². The van der Waals surface area contributed by atoms with E-state index in [4.69, 9.17) is 0 Å². The van der Waals surface area contributed by atoms with Gasteiger partial charge in [0.2, 0.25) is 0 Å². The largest absolute Gasteiger partial charge is 0.317 e. The summed E-state index contributed by atoms with van der Waals surface area (Å²) in [4.78, 5) is 0.243. The van der Waals surface area contributed by atoms with Crippen molar-refractivity contribution in [2.75, 3.05) is 13.6 Å². The summed E-state index contributed by atoms with van der Waals surface area (Å²) in [6.45, 7) is 3.47. The molecule has 0 amide bonds. The number of hydrogen-bond donors (Lipinski definition) is 1. The van der Waals surface area contributed by atoms with Crippen LogP contribution < -0.4 is 5.32 Å². The highest BCUT2D eigenvalue weighted by Gasteiger charge is 2.19. The molecule has 5 heteroatoms. The first-order valence-corrected chi connectivity index (χ1v) is 7.06. The van der Waals surface area contributed by atoms with Gasteiger partial charge in [0.05, 0.1) is 10.1 Å². The van der Waals surface area contributed by atoms with E-state index in [0.717, 1.165) is 0 Å². The Bertz CT molecular complexity index is 454. The molecule has 0 aliphatic rings. The summed E-state index contributed by atoms with van der Waals surface area (Å²) in [5.74, 6) is 0. The fraction of sp³-hybridized carbons (Fsp3) is 0.500. The van der Waals surface area contributed by atoms with Crippen LogP contribution in [-0.2, 0) is 9.84 Å². The third-order valence-corrected chi connectivity index (χ3v) is 4.74. The first-order valence-electron chi connectivity index (χ1n) is 5.52. The number of hydrogen-bond acceptors (Lipinski definition) is 3. The van der Waals surface area contributed by atoms with Crippen LogP contribution in [0.25, 0.3) is 0 Å². The molecule has 1 atom stereocenters. The summed E-state index contributed by atoms with van der Waals surface area (Å²) in [6.07, 6.45) is -1.11. The molecule has 1 aromatic rings. The maximum atomic E-state index is 13.5. The number of sulfone groups is 1. The molecule has 1 aromatic carbocycles. The van der Waals surface area contributed by atoms with Gasteiger partial charge in [-0.2, -0.15) is 0 Å². The Morgan fingerprint density at radius 1 is 1.24 bits per heavy atom. The molecule has 0 saturated carbocycles. The average molecular weight is 259 g/mol. The lowest BCUT2D eigenvalue weighted by molar-refractivity contribution is 0.335. The van der Waals surface area contributed by atoms with E-state index < -0.39 is 21.3 Å². The zero-order chi connectivity index (χ0) is 13.1. The van der Waals surface area contributed by atoms with Crippen LogP contribution in [0.2, 0.25) is 0 Å². The predicted octanol–water partition coefficient (Wildman–Crippen LogP) is 2.10. The lowest BCUT2D eigenvalue weighted by Gasteiger charge is -2.10. The summed E-state index contributed by atoms with van der Waals surface area (Å²) in [5.41, 5.74) is 0.488. The number of rotatable bonds is 5. The molecule has 0 bridgehead atoms. The molecule has 0 aliphatic carbocycles. The SMILES string of the molecule is CNCC(F)c1ccc(S(=O)(=O)C(C)C)cc1. The normalized spacial score (nSPS) is 13.9. The highest BCUT2D eigenvalue weighted by atomic mass is 32.2. The second-order valence-electron chi connectivity index (χ2n) is 4.19. The van der Waals surface area contributed by atoms with Crippen molar-refractivity contribution in [3.05, 3.63) is 29.8 Å². The second-order valence-corrected chi connectivity index (χ2v) is 6.69. The van der Waals surface area contributed by atoms with E-state index in [-0.39, 0.29) is 11.4 Å². The number of alkyl halides is 1. The number of likely N-dealkylation sites (N-methyl/N-ethyl adjacent to an activating group) is 1. The van der Waals surface area contributed by atoms with Crippen molar-refractivity contribution in [3.8, 4) is 0 Å². The molecular weight excluding hydrogens is 241 g/mol. The van der Waals surface area contributed by atoms with E-state index in [2.05, 4.69) is 5.32 Å². The molecule has 0 saturated heterocycles. The van der Waals surface area contributed by atoms with Crippen molar-refractivity contribution in [2.45, 2.75) is 30.2 Å². The highest BCUT2D eigenvalue weighted by Crippen LogP contribution is 2.21. The maximum absolute atomic E-state index is 13.5. The third-order valence-electron chi connectivity index (χ3n) is 2.57. The van der Waals surface area contributed by atoms with Gasteiger partial charge in [-0.3, -0.25) is 0 Å². The molecule has 1 rings (SSSR count). The topological polar surface area (TPSA) is 46.2 Å². The maximum Gasteiger partial charge on any atom is 0.180 e. The van der Waals surface area contributed by atoms with E-state index in [9.17, 15) is 12.8 Å². The molecule has 0 aliphatic heterocycles. The standard InChI is InChI=1S/C12H18FNO2S/c1-9(2)17(15,16)11-6-4-10(5-7-11)12(13)8-14-3/h4-7,9,12,14H,8H2,1-3H3. The third kappa shape index (κ3) is 3.26. The quantitative estimate of drug-likeness (QED) is 0.881. The molecule has 3 nitrogen and oxygen atoms in total.